The number of hydrogen-bond donors (Lipinski definition) is 1. The zero-order chi connectivity index (χ0) is 23.3. The largest absolute Gasteiger partial charge is 0.352 e. The summed E-state index contributed by atoms with van der Waals surface area (Å²) in [6, 6.07) is 15.4. The van der Waals surface area contributed by atoms with Crippen LogP contribution in [0.1, 0.15) is 24.3 Å². The molecule has 3 heterocycles. The van der Waals surface area contributed by atoms with E-state index >= 15 is 0 Å². The highest BCUT2D eigenvalue weighted by atomic mass is 35.5. The number of likely N-dealkylation sites (tertiary alicyclic amines) is 1. The number of amides is 1. The summed E-state index contributed by atoms with van der Waals surface area (Å²) in [7, 11) is 0. The van der Waals surface area contributed by atoms with Gasteiger partial charge in [0.05, 0.1) is 18.8 Å². The van der Waals surface area contributed by atoms with Crippen LogP contribution in [0.15, 0.2) is 71.8 Å². The monoisotopic (exact) mass is 476 g/mol. The maximum atomic E-state index is 12.8. The molecule has 0 aliphatic carbocycles. The van der Waals surface area contributed by atoms with Gasteiger partial charge in [-0.1, -0.05) is 28.9 Å². The van der Waals surface area contributed by atoms with Crippen molar-refractivity contribution in [3.63, 3.8) is 0 Å². The van der Waals surface area contributed by atoms with Crippen LogP contribution >= 0.6 is 11.6 Å². The van der Waals surface area contributed by atoms with Gasteiger partial charge in [-0.2, -0.15) is 4.98 Å². The Kier molecular flexibility index (Phi) is 6.69. The van der Waals surface area contributed by atoms with Crippen LogP contribution in [-0.2, 0) is 17.9 Å². The lowest BCUT2D eigenvalue weighted by Gasteiger charge is -2.30. The Morgan fingerprint density at radius 3 is 2.74 bits per heavy atom. The van der Waals surface area contributed by atoms with Gasteiger partial charge in [0, 0.05) is 41.8 Å². The van der Waals surface area contributed by atoms with E-state index in [0.29, 0.717) is 36.4 Å². The van der Waals surface area contributed by atoms with Crippen molar-refractivity contribution in [2.45, 2.75) is 25.9 Å². The number of benzene rings is 2. The zero-order valence-corrected chi connectivity index (χ0v) is 19.4. The van der Waals surface area contributed by atoms with E-state index in [1.165, 1.54) is 0 Å². The number of hydrogen-bond acceptors (Lipinski definition) is 6. The summed E-state index contributed by atoms with van der Waals surface area (Å²) in [6.45, 7) is 2.61. The van der Waals surface area contributed by atoms with Gasteiger partial charge in [-0.15, -0.1) is 0 Å². The first-order valence-corrected chi connectivity index (χ1v) is 11.7. The van der Waals surface area contributed by atoms with Crippen molar-refractivity contribution < 1.29 is 9.32 Å². The van der Waals surface area contributed by atoms with E-state index in [1.807, 2.05) is 47.2 Å². The minimum Gasteiger partial charge on any atom is -0.352 e. The minimum absolute atomic E-state index is 0.0578. The topological polar surface area (TPSA) is 89.1 Å². The van der Waals surface area contributed by atoms with Crippen molar-refractivity contribution in [2.24, 2.45) is 5.92 Å². The maximum absolute atomic E-state index is 12.8. The SMILES string of the molecule is O=C(NCc1ccc(-n2ccnc2)cc1)C1CCCN(Cc2nc(-c3ccc(Cl)cc3)no2)C1. The number of aromatic nitrogens is 4. The van der Waals surface area contributed by atoms with Crippen molar-refractivity contribution in [3.8, 4) is 17.1 Å². The van der Waals surface area contributed by atoms with Crippen molar-refractivity contribution in [2.75, 3.05) is 13.1 Å². The summed E-state index contributed by atoms with van der Waals surface area (Å²) in [5, 5.41) is 7.84. The average molecular weight is 477 g/mol. The van der Waals surface area contributed by atoms with Crippen molar-refractivity contribution in [1.82, 2.24) is 29.9 Å². The van der Waals surface area contributed by atoms with E-state index in [4.69, 9.17) is 16.1 Å². The lowest BCUT2D eigenvalue weighted by Crippen LogP contribution is -2.42. The van der Waals surface area contributed by atoms with Gasteiger partial charge in [-0.05, 0) is 61.3 Å². The number of imidazole rings is 1. The van der Waals surface area contributed by atoms with Gasteiger partial charge >= 0.3 is 0 Å². The first-order chi connectivity index (χ1) is 16.6. The molecular formula is C25H25ClN6O2. The molecule has 1 amide bonds. The van der Waals surface area contributed by atoms with Crippen LogP contribution < -0.4 is 5.32 Å². The number of nitrogens with zero attached hydrogens (tertiary/aromatic N) is 5. The third kappa shape index (κ3) is 5.35. The molecule has 9 heteroatoms. The van der Waals surface area contributed by atoms with Crippen LogP contribution in [-0.4, -0.2) is 43.6 Å². The van der Waals surface area contributed by atoms with Crippen molar-refractivity contribution in [1.29, 1.82) is 0 Å². The molecule has 1 fully saturated rings. The van der Waals surface area contributed by atoms with Crippen LogP contribution in [0.4, 0.5) is 0 Å². The molecule has 2 aromatic heterocycles. The molecule has 8 nitrogen and oxygen atoms in total. The normalized spacial score (nSPS) is 16.4. The van der Waals surface area contributed by atoms with Crippen LogP contribution in [0.3, 0.4) is 0 Å². The molecule has 1 atom stereocenters. The summed E-state index contributed by atoms with van der Waals surface area (Å²) in [4.78, 5) is 23.6. The van der Waals surface area contributed by atoms with Crippen molar-refractivity contribution in [3.05, 3.63) is 83.7 Å². The quantitative estimate of drug-likeness (QED) is 0.432. The molecule has 0 radical (unpaired) electrons. The van der Waals surface area contributed by atoms with Gasteiger partial charge in [0.25, 0.3) is 0 Å². The van der Waals surface area contributed by atoms with E-state index in [2.05, 4.69) is 25.3 Å². The molecule has 4 aromatic rings. The Bertz CT molecular complexity index is 1220. The highest BCUT2D eigenvalue weighted by Gasteiger charge is 2.26. The van der Waals surface area contributed by atoms with Gasteiger partial charge in [0.2, 0.25) is 17.6 Å². The molecule has 2 aromatic carbocycles. The molecule has 0 spiro atoms. The summed E-state index contributed by atoms with van der Waals surface area (Å²) in [5.74, 6) is 1.11. The third-order valence-corrected chi connectivity index (χ3v) is 6.26. The first kappa shape index (κ1) is 22.3. The molecule has 1 N–H and O–H groups in total. The Balaban J connectivity index is 1.13. The molecule has 1 aliphatic heterocycles. The number of carbonyl (C=O) groups excluding carboxylic acids is 1. The highest BCUT2D eigenvalue weighted by molar-refractivity contribution is 6.30. The molecule has 1 saturated heterocycles. The van der Waals surface area contributed by atoms with Crippen LogP contribution in [0, 0.1) is 5.92 Å². The van der Waals surface area contributed by atoms with Crippen LogP contribution in [0.2, 0.25) is 5.02 Å². The number of carbonyl (C=O) groups is 1. The Morgan fingerprint density at radius 2 is 1.97 bits per heavy atom. The highest BCUT2D eigenvalue weighted by Crippen LogP contribution is 2.22. The Labute approximate surface area is 202 Å². The van der Waals surface area contributed by atoms with Crippen LogP contribution in [0.5, 0.6) is 0 Å². The second-order valence-electron chi connectivity index (χ2n) is 8.45. The van der Waals surface area contributed by atoms with E-state index in [9.17, 15) is 4.79 Å². The van der Waals surface area contributed by atoms with E-state index in [1.54, 1.807) is 24.7 Å². The maximum Gasteiger partial charge on any atom is 0.241 e. The average Bonchev–Trinajstić information content (AvgIpc) is 3.56. The first-order valence-electron chi connectivity index (χ1n) is 11.3. The minimum atomic E-state index is -0.0578. The molecule has 174 valence electrons. The second kappa shape index (κ2) is 10.2. The molecule has 0 bridgehead atoms. The predicted molar refractivity (Wildman–Crippen MR) is 128 cm³/mol. The number of nitrogens with one attached hydrogen (secondary N) is 1. The van der Waals surface area contributed by atoms with Gasteiger partial charge < -0.3 is 14.4 Å². The fourth-order valence-corrected chi connectivity index (χ4v) is 4.30. The van der Waals surface area contributed by atoms with E-state index in [0.717, 1.165) is 36.2 Å². The second-order valence-corrected chi connectivity index (χ2v) is 8.88. The molecule has 1 unspecified atom stereocenters. The third-order valence-electron chi connectivity index (χ3n) is 6.01. The number of halogens is 1. The molecule has 34 heavy (non-hydrogen) atoms. The molecular weight excluding hydrogens is 452 g/mol. The lowest BCUT2D eigenvalue weighted by atomic mass is 9.97. The summed E-state index contributed by atoms with van der Waals surface area (Å²) < 4.78 is 7.39. The lowest BCUT2D eigenvalue weighted by molar-refractivity contribution is -0.127. The van der Waals surface area contributed by atoms with E-state index < -0.39 is 0 Å². The zero-order valence-electron chi connectivity index (χ0n) is 18.6. The van der Waals surface area contributed by atoms with Crippen molar-refractivity contribution >= 4 is 17.5 Å². The number of piperidine rings is 1. The fraction of sp³-hybridized carbons (Fsp3) is 0.280. The van der Waals surface area contributed by atoms with Gasteiger partial charge in [0.15, 0.2) is 0 Å². The standard InChI is InChI=1S/C25H25ClN6O2/c26-21-7-5-19(6-8-21)24-29-23(34-30-24)16-31-12-1-2-20(15-31)25(33)28-14-18-3-9-22(10-4-18)32-13-11-27-17-32/h3-11,13,17,20H,1-2,12,14-16H2,(H,28,33). The summed E-state index contributed by atoms with van der Waals surface area (Å²) in [6.07, 6.45) is 7.24. The van der Waals surface area contributed by atoms with E-state index in [-0.39, 0.29) is 11.8 Å². The smallest absolute Gasteiger partial charge is 0.241 e. The number of rotatable bonds is 7. The van der Waals surface area contributed by atoms with Gasteiger partial charge in [0.1, 0.15) is 0 Å². The Morgan fingerprint density at radius 1 is 1.15 bits per heavy atom. The predicted octanol–water partition coefficient (Wildman–Crippen LogP) is 4.10. The Hall–Kier alpha value is -3.49. The summed E-state index contributed by atoms with van der Waals surface area (Å²) >= 11 is 5.95. The molecule has 5 rings (SSSR count). The van der Waals surface area contributed by atoms with Gasteiger partial charge in [-0.25, -0.2) is 4.98 Å². The molecule has 1 aliphatic rings. The summed E-state index contributed by atoms with van der Waals surface area (Å²) in [5.41, 5.74) is 2.95. The van der Waals surface area contributed by atoms with Gasteiger partial charge in [-0.3, -0.25) is 9.69 Å². The fourth-order valence-electron chi connectivity index (χ4n) is 4.17. The molecule has 0 saturated carbocycles. The van der Waals surface area contributed by atoms with Crippen LogP contribution in [0.25, 0.3) is 17.1 Å².